The lowest BCUT2D eigenvalue weighted by Gasteiger charge is -1.76. The highest BCUT2D eigenvalue weighted by Crippen LogP contribution is 1.98. The normalized spacial score (nSPS) is 13.9. The monoisotopic (exact) mass is 171 g/mol. The molecule has 0 spiro atoms. The van der Waals surface area contributed by atoms with E-state index < -0.39 is 7.54 Å². The Morgan fingerprint density at radius 1 is 1.09 bits per heavy atom. The lowest BCUT2D eigenvalue weighted by atomic mass is 10.4. The van der Waals surface area contributed by atoms with E-state index in [4.69, 9.17) is 4.74 Å². The highest BCUT2D eigenvalue weighted by atomic mass is 19.4. The van der Waals surface area contributed by atoms with E-state index in [1.54, 1.807) is 0 Å². The summed E-state index contributed by atoms with van der Waals surface area (Å²) in [6.45, 7) is 2.00. The van der Waals surface area contributed by atoms with Gasteiger partial charge in [-0.15, -0.1) is 0 Å². The highest BCUT2D eigenvalue weighted by Gasteiger charge is 2.06. The summed E-state index contributed by atoms with van der Waals surface area (Å²) in [6, 6.07) is 0. The molecule has 1 fully saturated rings. The molecule has 0 saturated carbocycles. The van der Waals surface area contributed by atoms with Crippen molar-refractivity contribution in [2.75, 3.05) is 20.3 Å². The fraction of sp³-hybridized carbons (Fsp3) is 1.00. The lowest BCUT2D eigenvalue weighted by molar-refractivity contribution is 0.198. The first-order valence-electron chi connectivity index (χ1n) is 3.31. The summed E-state index contributed by atoms with van der Waals surface area (Å²) in [4.78, 5) is 0. The zero-order valence-electron chi connectivity index (χ0n) is 6.53. The average Bonchev–Trinajstić information content (AvgIpc) is 2.44. The molecule has 0 aliphatic carbocycles. The van der Waals surface area contributed by atoms with Crippen molar-refractivity contribution in [1.82, 2.24) is 0 Å². The van der Waals surface area contributed by atoms with Crippen LogP contribution < -0.4 is 5.73 Å². The van der Waals surface area contributed by atoms with Crippen molar-refractivity contribution in [3.8, 4) is 0 Å². The second-order valence-electron chi connectivity index (χ2n) is 1.57. The third kappa shape index (κ3) is 25.9. The predicted molar refractivity (Wildman–Crippen MR) is 39.2 cm³/mol. The molecule has 0 aromatic heterocycles. The Balaban J connectivity index is 0. The summed E-state index contributed by atoms with van der Waals surface area (Å²) >= 11 is 0. The minimum atomic E-state index is -3.67. The number of rotatable bonds is 0. The Hall–Kier alpha value is -0.225. The molecule has 6 heteroatoms. The van der Waals surface area contributed by atoms with Crippen molar-refractivity contribution in [3.05, 3.63) is 0 Å². The minimum Gasteiger partial charge on any atom is -0.381 e. The van der Waals surface area contributed by atoms with Crippen LogP contribution >= 0.6 is 0 Å². The summed E-state index contributed by atoms with van der Waals surface area (Å²) < 4.78 is 33.9. The van der Waals surface area contributed by atoms with E-state index in [0.717, 1.165) is 13.2 Å². The molecule has 2 nitrogen and oxygen atoms in total. The van der Waals surface area contributed by atoms with Gasteiger partial charge in [-0.3, -0.25) is 12.9 Å². The van der Waals surface area contributed by atoms with Crippen LogP contribution in [0.2, 0.25) is 0 Å². The molecule has 0 atom stereocenters. The fourth-order valence-electron chi connectivity index (χ4n) is 0.510. The average molecular weight is 171 g/mol. The number of ether oxygens (including phenoxy) is 1. The van der Waals surface area contributed by atoms with Gasteiger partial charge in [0.2, 0.25) is 0 Å². The number of hydrogen-bond donors (Lipinski definition) is 1. The van der Waals surface area contributed by atoms with Gasteiger partial charge in [0.25, 0.3) is 0 Å². The maximum Gasteiger partial charge on any atom is 0.762 e. The SMILES string of the molecule is C1CCOC1.CN.FB(F)F. The van der Waals surface area contributed by atoms with E-state index >= 15 is 0 Å². The molecule has 0 aromatic carbocycles. The molecule has 0 radical (unpaired) electrons. The predicted octanol–water partition coefficient (Wildman–Crippen LogP) is 1.25. The van der Waals surface area contributed by atoms with E-state index in [-0.39, 0.29) is 0 Å². The number of hydrogen-bond acceptors (Lipinski definition) is 2. The van der Waals surface area contributed by atoms with Crippen molar-refractivity contribution in [2.24, 2.45) is 5.73 Å². The van der Waals surface area contributed by atoms with Gasteiger partial charge in [0, 0.05) is 13.2 Å². The molecule has 0 unspecified atom stereocenters. The van der Waals surface area contributed by atoms with Gasteiger partial charge < -0.3 is 10.5 Å². The molecular weight excluding hydrogens is 158 g/mol. The molecule has 2 N–H and O–H groups in total. The summed E-state index contributed by atoms with van der Waals surface area (Å²) in [5.41, 5.74) is 4.50. The minimum absolute atomic E-state index is 1.00. The first-order valence-corrected chi connectivity index (χ1v) is 3.31. The van der Waals surface area contributed by atoms with Crippen LogP contribution in [0.1, 0.15) is 12.8 Å². The van der Waals surface area contributed by atoms with Crippen LogP contribution in [-0.4, -0.2) is 27.8 Å². The zero-order valence-corrected chi connectivity index (χ0v) is 6.53. The highest BCUT2D eigenvalue weighted by molar-refractivity contribution is 6.33. The molecule has 0 aromatic rings. The van der Waals surface area contributed by atoms with Gasteiger partial charge in [0.15, 0.2) is 0 Å². The molecule has 1 rings (SSSR count). The van der Waals surface area contributed by atoms with E-state index in [9.17, 15) is 12.9 Å². The zero-order chi connectivity index (χ0) is 9.11. The standard InChI is InChI=1S/C4H8O.CH5N.BF3/c1-2-4-5-3-1;1-2;2-1(3)4/h1-4H2;2H2,1H3;. The second kappa shape index (κ2) is 12.5. The van der Waals surface area contributed by atoms with Crippen LogP contribution in [0.25, 0.3) is 0 Å². The molecule has 1 aliphatic heterocycles. The molecule has 1 heterocycles. The first kappa shape index (κ1) is 13.4. The van der Waals surface area contributed by atoms with Crippen LogP contribution in [0, 0.1) is 0 Å². The Labute approximate surface area is 65.1 Å². The van der Waals surface area contributed by atoms with Crippen LogP contribution in [-0.2, 0) is 4.74 Å². The van der Waals surface area contributed by atoms with Gasteiger partial charge in [-0.1, -0.05) is 0 Å². The second-order valence-corrected chi connectivity index (χ2v) is 1.57. The third-order valence-electron chi connectivity index (χ3n) is 0.827. The molecular formula is C5H13BF3NO. The van der Waals surface area contributed by atoms with E-state index in [0.29, 0.717) is 0 Å². The van der Waals surface area contributed by atoms with Gasteiger partial charge in [0.05, 0.1) is 0 Å². The number of halogens is 3. The molecule has 1 aliphatic rings. The fourth-order valence-corrected chi connectivity index (χ4v) is 0.510. The lowest BCUT2D eigenvalue weighted by Crippen LogP contribution is -1.76. The summed E-state index contributed by atoms with van der Waals surface area (Å²) in [5, 5.41) is 0. The maximum absolute atomic E-state index is 9.67. The molecule has 0 amide bonds. The van der Waals surface area contributed by atoms with Crippen LogP contribution in [0.3, 0.4) is 0 Å². The third-order valence-corrected chi connectivity index (χ3v) is 0.827. The maximum atomic E-state index is 9.67. The molecule has 11 heavy (non-hydrogen) atoms. The summed E-state index contributed by atoms with van der Waals surface area (Å²) in [7, 11) is -2.17. The molecule has 1 saturated heterocycles. The van der Waals surface area contributed by atoms with Gasteiger partial charge in [-0.25, -0.2) is 0 Å². The van der Waals surface area contributed by atoms with E-state index in [1.807, 2.05) is 0 Å². The Morgan fingerprint density at radius 3 is 1.45 bits per heavy atom. The van der Waals surface area contributed by atoms with E-state index in [2.05, 4.69) is 5.73 Å². The topological polar surface area (TPSA) is 35.2 Å². The first-order chi connectivity index (χ1) is 5.23. The van der Waals surface area contributed by atoms with Crippen molar-refractivity contribution in [2.45, 2.75) is 12.8 Å². The summed E-state index contributed by atoms with van der Waals surface area (Å²) in [5.74, 6) is 0. The molecule has 0 bridgehead atoms. The van der Waals surface area contributed by atoms with Gasteiger partial charge in [-0.05, 0) is 19.9 Å². The number of nitrogens with two attached hydrogens (primary N) is 1. The van der Waals surface area contributed by atoms with Crippen LogP contribution in [0.4, 0.5) is 12.9 Å². The Bertz CT molecular complexity index is 53.3. The van der Waals surface area contributed by atoms with E-state index in [1.165, 1.54) is 19.9 Å². The van der Waals surface area contributed by atoms with Gasteiger partial charge in [0.1, 0.15) is 0 Å². The van der Waals surface area contributed by atoms with Gasteiger partial charge >= 0.3 is 7.54 Å². The van der Waals surface area contributed by atoms with Crippen LogP contribution in [0.15, 0.2) is 0 Å². The van der Waals surface area contributed by atoms with Crippen LogP contribution in [0.5, 0.6) is 0 Å². The quantitative estimate of drug-likeness (QED) is 0.556. The van der Waals surface area contributed by atoms with Crippen molar-refractivity contribution in [3.63, 3.8) is 0 Å². The van der Waals surface area contributed by atoms with Crippen molar-refractivity contribution < 1.29 is 17.7 Å². The van der Waals surface area contributed by atoms with Crippen molar-refractivity contribution >= 4 is 7.54 Å². The smallest absolute Gasteiger partial charge is 0.381 e. The Morgan fingerprint density at radius 2 is 1.36 bits per heavy atom. The summed E-state index contributed by atoms with van der Waals surface area (Å²) in [6.07, 6.45) is 2.56. The largest absolute Gasteiger partial charge is 0.762 e. The molecule has 68 valence electrons. The Kier molecular flexibility index (Phi) is 15.1. The van der Waals surface area contributed by atoms with Gasteiger partial charge in [-0.2, -0.15) is 0 Å². The van der Waals surface area contributed by atoms with Crippen molar-refractivity contribution in [1.29, 1.82) is 0 Å².